The van der Waals surface area contributed by atoms with Gasteiger partial charge in [-0.05, 0) is 36.8 Å². The van der Waals surface area contributed by atoms with Crippen molar-refractivity contribution in [2.24, 2.45) is 10.7 Å². The summed E-state index contributed by atoms with van der Waals surface area (Å²) in [5, 5.41) is 3.85. The third kappa shape index (κ3) is 3.75. The Balaban J connectivity index is 1.71. The maximum absolute atomic E-state index is 12.9. The zero-order valence-corrected chi connectivity index (χ0v) is 15.5. The van der Waals surface area contributed by atoms with Gasteiger partial charge in [-0.15, -0.1) is 0 Å². The molecule has 0 bridgehead atoms. The summed E-state index contributed by atoms with van der Waals surface area (Å²) in [6, 6.07) is 14.8. The molecule has 3 N–H and O–H groups in total. The number of nitrogens with two attached hydrogens (primary N) is 1. The Hall–Kier alpha value is -2.73. The molecule has 1 heterocycles. The highest BCUT2D eigenvalue weighted by atomic mass is 35.5. The van der Waals surface area contributed by atoms with Crippen LogP contribution >= 0.6 is 11.6 Å². The highest BCUT2D eigenvalue weighted by Crippen LogP contribution is 2.25. The minimum atomic E-state index is -0.967. The molecule has 136 valence electrons. The molecule has 1 amide bonds. The molecule has 6 nitrogen and oxygen atoms in total. The number of hydrogen-bond donors (Lipinski definition) is 2. The van der Waals surface area contributed by atoms with E-state index in [2.05, 4.69) is 10.3 Å². The summed E-state index contributed by atoms with van der Waals surface area (Å²) in [6.07, 6.45) is 0. The first-order chi connectivity index (χ1) is 12.4. The first kappa shape index (κ1) is 18.1. The van der Waals surface area contributed by atoms with E-state index in [0.717, 1.165) is 17.0 Å². The monoisotopic (exact) mass is 372 g/mol. The van der Waals surface area contributed by atoms with E-state index in [1.165, 1.54) is 4.90 Å². The van der Waals surface area contributed by atoms with Gasteiger partial charge in [-0.3, -0.25) is 9.69 Å². The normalized spacial score (nSPS) is 19.4. The highest BCUT2D eigenvalue weighted by molar-refractivity contribution is 6.30. The summed E-state index contributed by atoms with van der Waals surface area (Å²) in [5.41, 5.74) is 6.80. The Morgan fingerprint density at radius 2 is 2.04 bits per heavy atom. The second-order valence-electron chi connectivity index (χ2n) is 6.35. The number of halogens is 1. The van der Waals surface area contributed by atoms with Gasteiger partial charge in [-0.2, -0.15) is 0 Å². The molecule has 3 rings (SSSR count). The first-order valence-corrected chi connectivity index (χ1v) is 8.59. The number of ether oxygens (including phenoxy) is 1. The van der Waals surface area contributed by atoms with Crippen LogP contribution in [-0.2, 0) is 11.3 Å². The zero-order valence-electron chi connectivity index (χ0n) is 14.7. The lowest BCUT2D eigenvalue weighted by molar-refractivity contribution is -0.130. The van der Waals surface area contributed by atoms with E-state index in [1.54, 1.807) is 20.1 Å². The van der Waals surface area contributed by atoms with Crippen LogP contribution in [-0.4, -0.2) is 36.0 Å². The third-order valence-corrected chi connectivity index (χ3v) is 4.52. The summed E-state index contributed by atoms with van der Waals surface area (Å²) in [7, 11) is 1.61. The van der Waals surface area contributed by atoms with Crippen molar-refractivity contribution in [3.05, 3.63) is 59.1 Å². The Labute approximate surface area is 157 Å². The average molecular weight is 373 g/mol. The van der Waals surface area contributed by atoms with Crippen LogP contribution in [0.2, 0.25) is 5.02 Å². The van der Waals surface area contributed by atoms with Crippen LogP contribution in [0.15, 0.2) is 53.5 Å². The van der Waals surface area contributed by atoms with Crippen LogP contribution in [0.5, 0.6) is 5.75 Å². The Morgan fingerprint density at radius 3 is 2.77 bits per heavy atom. The molecule has 2 aromatic rings. The molecule has 0 aliphatic carbocycles. The molecule has 0 aromatic heterocycles. The molecular formula is C19H21ClN4O2. The number of guanidine groups is 1. The van der Waals surface area contributed by atoms with E-state index in [1.807, 2.05) is 42.5 Å². The van der Waals surface area contributed by atoms with Crippen LogP contribution in [0.1, 0.15) is 12.5 Å². The summed E-state index contributed by atoms with van der Waals surface area (Å²) < 4.78 is 5.21. The highest BCUT2D eigenvalue weighted by Gasteiger charge is 2.43. The van der Waals surface area contributed by atoms with Gasteiger partial charge in [0.2, 0.25) is 0 Å². The van der Waals surface area contributed by atoms with Crippen molar-refractivity contribution in [1.29, 1.82) is 0 Å². The first-order valence-electron chi connectivity index (χ1n) is 8.21. The lowest BCUT2D eigenvalue weighted by Gasteiger charge is -2.23. The molecule has 0 fully saturated rings. The largest absolute Gasteiger partial charge is 0.497 e. The Bertz CT molecular complexity index is 855. The van der Waals surface area contributed by atoms with Crippen LogP contribution in [0, 0.1) is 0 Å². The summed E-state index contributed by atoms with van der Waals surface area (Å²) in [6.45, 7) is 2.43. The number of nitrogens with zero attached hydrogens (tertiary/aromatic N) is 2. The van der Waals surface area contributed by atoms with Crippen LogP contribution < -0.4 is 15.8 Å². The standard InChI is InChI=1S/C19H21ClN4O2/c1-19(12-22-15-7-4-8-16(10-15)26-2)17(25)24(18(21)23-19)11-13-5-3-6-14(20)9-13/h3-10,22H,11-12H2,1-2H3,(H2,21,23). The van der Waals surface area contributed by atoms with Crippen LogP contribution in [0.3, 0.4) is 0 Å². The van der Waals surface area contributed by atoms with Gasteiger partial charge < -0.3 is 15.8 Å². The summed E-state index contributed by atoms with van der Waals surface area (Å²) in [5.74, 6) is 0.804. The van der Waals surface area contributed by atoms with Gasteiger partial charge in [0, 0.05) is 23.3 Å². The number of carbonyl (C=O) groups is 1. The molecule has 26 heavy (non-hydrogen) atoms. The number of rotatable bonds is 6. The number of benzene rings is 2. The molecule has 0 saturated heterocycles. The van der Waals surface area contributed by atoms with Gasteiger partial charge in [0.05, 0.1) is 13.7 Å². The SMILES string of the molecule is COc1cccc(NCC2(C)N=C(N)N(Cc3cccc(Cl)c3)C2=O)c1. The maximum Gasteiger partial charge on any atom is 0.259 e. The van der Waals surface area contributed by atoms with Crippen molar-refractivity contribution >= 4 is 29.2 Å². The van der Waals surface area contributed by atoms with E-state index >= 15 is 0 Å². The number of aliphatic imine (C=N–C) groups is 1. The van der Waals surface area contributed by atoms with Crippen molar-refractivity contribution in [3.8, 4) is 5.75 Å². The van der Waals surface area contributed by atoms with Crippen molar-refractivity contribution in [2.75, 3.05) is 19.0 Å². The smallest absolute Gasteiger partial charge is 0.259 e. The molecule has 0 spiro atoms. The predicted octanol–water partition coefficient (Wildman–Crippen LogP) is 2.88. The number of nitrogens with one attached hydrogen (secondary N) is 1. The van der Waals surface area contributed by atoms with E-state index in [-0.39, 0.29) is 11.9 Å². The molecule has 0 saturated carbocycles. The number of amides is 1. The average Bonchev–Trinajstić information content (AvgIpc) is 2.84. The summed E-state index contributed by atoms with van der Waals surface area (Å²) >= 11 is 6.02. The van der Waals surface area contributed by atoms with Crippen molar-refractivity contribution < 1.29 is 9.53 Å². The van der Waals surface area contributed by atoms with Crippen LogP contribution in [0.25, 0.3) is 0 Å². The van der Waals surface area contributed by atoms with Gasteiger partial charge in [0.15, 0.2) is 11.5 Å². The number of methoxy groups -OCH3 is 1. The predicted molar refractivity (Wildman–Crippen MR) is 104 cm³/mol. The second-order valence-corrected chi connectivity index (χ2v) is 6.79. The van der Waals surface area contributed by atoms with E-state index in [9.17, 15) is 4.79 Å². The zero-order chi connectivity index (χ0) is 18.7. The van der Waals surface area contributed by atoms with Crippen molar-refractivity contribution in [1.82, 2.24) is 4.90 Å². The fourth-order valence-corrected chi connectivity index (χ4v) is 3.06. The van der Waals surface area contributed by atoms with Crippen LogP contribution in [0.4, 0.5) is 5.69 Å². The lowest BCUT2D eigenvalue weighted by Crippen LogP contribution is -2.45. The molecule has 1 aliphatic rings. The quantitative estimate of drug-likeness (QED) is 0.817. The Morgan fingerprint density at radius 1 is 1.27 bits per heavy atom. The van der Waals surface area contributed by atoms with Gasteiger partial charge in [0.1, 0.15) is 5.75 Å². The lowest BCUT2D eigenvalue weighted by atomic mass is 10.0. The molecule has 1 atom stereocenters. The third-order valence-electron chi connectivity index (χ3n) is 4.28. The Kier molecular flexibility index (Phi) is 5.04. The molecular weight excluding hydrogens is 352 g/mol. The fraction of sp³-hybridized carbons (Fsp3) is 0.263. The van der Waals surface area contributed by atoms with Gasteiger partial charge in [0.25, 0.3) is 5.91 Å². The molecule has 7 heteroatoms. The second kappa shape index (κ2) is 7.25. The van der Waals surface area contributed by atoms with E-state index in [0.29, 0.717) is 18.1 Å². The summed E-state index contributed by atoms with van der Waals surface area (Å²) in [4.78, 5) is 18.8. The minimum absolute atomic E-state index is 0.148. The molecule has 1 unspecified atom stereocenters. The van der Waals surface area contributed by atoms with E-state index < -0.39 is 5.54 Å². The number of hydrogen-bond acceptors (Lipinski definition) is 5. The topological polar surface area (TPSA) is 80.0 Å². The van der Waals surface area contributed by atoms with Gasteiger partial charge in [-0.1, -0.05) is 29.8 Å². The fourth-order valence-electron chi connectivity index (χ4n) is 2.85. The molecule has 1 aliphatic heterocycles. The van der Waals surface area contributed by atoms with Gasteiger partial charge >= 0.3 is 0 Å². The van der Waals surface area contributed by atoms with Crippen molar-refractivity contribution in [2.45, 2.75) is 19.0 Å². The maximum atomic E-state index is 12.9. The molecule has 0 radical (unpaired) electrons. The van der Waals surface area contributed by atoms with E-state index in [4.69, 9.17) is 22.1 Å². The van der Waals surface area contributed by atoms with Crippen molar-refractivity contribution in [3.63, 3.8) is 0 Å². The number of carbonyl (C=O) groups excluding carboxylic acids is 1. The molecule has 2 aromatic carbocycles. The number of anilines is 1. The minimum Gasteiger partial charge on any atom is -0.497 e. The van der Waals surface area contributed by atoms with Gasteiger partial charge in [-0.25, -0.2) is 4.99 Å².